The topological polar surface area (TPSA) is 143 Å². The maximum Gasteiger partial charge on any atom is 0.418 e. The fourth-order valence-electron chi connectivity index (χ4n) is 6.39. The summed E-state index contributed by atoms with van der Waals surface area (Å²) in [5.41, 5.74) is 3.21. The van der Waals surface area contributed by atoms with E-state index in [0.29, 0.717) is 22.2 Å². The molecule has 0 saturated carbocycles. The van der Waals surface area contributed by atoms with Crippen molar-refractivity contribution in [1.82, 2.24) is 14.7 Å². The summed E-state index contributed by atoms with van der Waals surface area (Å²) >= 11 is 0. The maximum absolute atomic E-state index is 14.6. The van der Waals surface area contributed by atoms with E-state index in [2.05, 4.69) is 15.5 Å². The number of nitrogens with zero attached hydrogens (tertiary/aromatic N) is 3. The Labute approximate surface area is 275 Å². The molecule has 48 heavy (non-hydrogen) atoms. The number of hydrogen-bond acceptors (Lipinski definition) is 7. The number of primary amides is 1. The number of aliphatic hydroxyl groups excluding tert-OH is 1. The van der Waals surface area contributed by atoms with Crippen molar-refractivity contribution < 1.29 is 42.1 Å². The number of halogens is 4. The summed E-state index contributed by atoms with van der Waals surface area (Å²) in [5, 5.41) is 23.5. The summed E-state index contributed by atoms with van der Waals surface area (Å²) in [4.78, 5) is 26.7. The minimum atomic E-state index is -5.06. The Bertz CT molecular complexity index is 1880. The zero-order chi connectivity index (χ0) is 35.9. The minimum Gasteiger partial charge on any atom is -0.496 e. The van der Waals surface area contributed by atoms with E-state index in [1.807, 2.05) is 0 Å². The number of likely N-dealkylation sites (tertiary alicyclic amines) is 1. The highest BCUT2D eigenvalue weighted by Crippen LogP contribution is 2.44. The molecule has 0 bridgehead atoms. The second kappa shape index (κ2) is 12.7. The predicted molar refractivity (Wildman–Crippen MR) is 171 cm³/mol. The number of methoxy groups -OCH3 is 1. The molecule has 3 atom stereocenters. The van der Waals surface area contributed by atoms with E-state index in [4.69, 9.17) is 11.9 Å². The maximum atomic E-state index is 14.6. The highest BCUT2D eigenvalue weighted by Gasteiger charge is 2.56. The van der Waals surface area contributed by atoms with Crippen molar-refractivity contribution in [3.8, 4) is 11.4 Å². The average Bonchev–Trinajstić information content (AvgIpc) is 3.68. The third-order valence-electron chi connectivity index (χ3n) is 8.75. The van der Waals surface area contributed by atoms with Crippen LogP contribution in [0.4, 0.5) is 23.2 Å². The molecule has 10 nitrogen and oxygen atoms in total. The van der Waals surface area contributed by atoms with Crippen LogP contribution in [0.2, 0.25) is 0 Å². The van der Waals surface area contributed by atoms with E-state index in [-0.39, 0.29) is 35.5 Å². The van der Waals surface area contributed by atoms with Crippen LogP contribution in [0, 0.1) is 12.7 Å². The van der Waals surface area contributed by atoms with Gasteiger partial charge in [-0.15, -0.1) is 0 Å². The summed E-state index contributed by atoms with van der Waals surface area (Å²) in [6.45, 7) is 3.79. The lowest BCUT2D eigenvalue weighted by Crippen LogP contribution is -2.53. The number of aliphatic hydroxyl groups is 2. The molecule has 0 spiro atoms. The van der Waals surface area contributed by atoms with Crippen molar-refractivity contribution in [3.05, 3.63) is 83.3 Å². The van der Waals surface area contributed by atoms with Crippen LogP contribution in [0.5, 0.6) is 5.75 Å². The van der Waals surface area contributed by atoms with Gasteiger partial charge in [0.15, 0.2) is 5.60 Å². The van der Waals surface area contributed by atoms with Gasteiger partial charge in [-0.2, -0.15) is 18.3 Å². The molecule has 256 valence electrons. The number of nitrogens with two attached hydrogens (primary N) is 1. The number of β-amino-alcohol motifs (C(OH)–C–C–N with tert-alkyl or cyclic N) is 1. The monoisotopic (exact) mass is 672 g/mol. The number of hydrogen-bond donors (Lipinski definition) is 4. The van der Waals surface area contributed by atoms with Gasteiger partial charge < -0.3 is 30.9 Å². The van der Waals surface area contributed by atoms with Crippen molar-refractivity contribution in [3.63, 3.8) is 0 Å². The van der Waals surface area contributed by atoms with Gasteiger partial charge in [0.05, 0.1) is 37.2 Å². The average molecular weight is 673 g/mol. The highest BCUT2D eigenvalue weighted by atomic mass is 19.4. The van der Waals surface area contributed by atoms with E-state index in [9.17, 15) is 32.3 Å². The second-order valence-electron chi connectivity index (χ2n) is 12.9. The predicted octanol–water partition coefficient (Wildman–Crippen LogP) is 4.62. The van der Waals surface area contributed by atoms with Crippen LogP contribution in [-0.4, -0.2) is 82.3 Å². The van der Waals surface area contributed by atoms with E-state index in [1.54, 1.807) is 43.3 Å². The lowest BCUT2D eigenvalue weighted by molar-refractivity contribution is -0.260. The van der Waals surface area contributed by atoms with Gasteiger partial charge in [-0.1, -0.05) is 19.9 Å². The van der Waals surface area contributed by atoms with Crippen LogP contribution in [0.1, 0.15) is 48.2 Å². The second-order valence-corrected chi connectivity index (χ2v) is 12.9. The quantitative estimate of drug-likeness (QED) is 0.171. The Morgan fingerprint density at radius 2 is 1.92 bits per heavy atom. The minimum absolute atomic E-state index is 0.0102. The molecular weight excluding hydrogens is 634 g/mol. The molecule has 1 saturated heterocycles. The number of benzene rings is 3. The molecule has 4 aromatic rings. The third kappa shape index (κ3) is 6.67. The van der Waals surface area contributed by atoms with Crippen LogP contribution in [-0.2, 0) is 10.2 Å². The number of rotatable bonds is 11. The summed E-state index contributed by atoms with van der Waals surface area (Å²) in [5.74, 6) is -1.66. The molecule has 1 unspecified atom stereocenters. The number of fused-ring (bicyclic) bond motifs is 1. The number of aryl methyl sites for hydroxylation is 1. The summed E-state index contributed by atoms with van der Waals surface area (Å²) in [7, 11) is 1.33. The van der Waals surface area contributed by atoms with Crippen LogP contribution in [0.15, 0.2) is 60.8 Å². The SMILES string of the molecule is [2H]O[C@@H]1C[C@@H](C(N)=O)N(C(=O)c2cccc(-n3ncc4c(NCC(O)(CC(C)(C)c5cc(F)ccc5OC)C(F)(F)F)cc(C)cc43)c2)C1. The van der Waals surface area contributed by atoms with Crippen LogP contribution < -0.4 is 15.8 Å². The fourth-order valence-corrected chi connectivity index (χ4v) is 6.39. The molecular formula is C34H37F4N5O5. The van der Waals surface area contributed by atoms with Crippen LogP contribution in [0.25, 0.3) is 16.6 Å². The number of aromatic nitrogens is 2. The third-order valence-corrected chi connectivity index (χ3v) is 8.75. The molecule has 2 heterocycles. The number of alkyl halides is 3. The van der Waals surface area contributed by atoms with Gasteiger partial charge in [-0.25, -0.2) is 9.07 Å². The molecule has 1 aliphatic rings. The zero-order valence-corrected chi connectivity index (χ0v) is 26.8. The lowest BCUT2D eigenvalue weighted by atomic mass is 9.74. The number of carbonyl (C=O) groups is 2. The van der Waals surface area contributed by atoms with E-state index in [1.165, 1.54) is 42.8 Å². The van der Waals surface area contributed by atoms with Gasteiger partial charge in [0, 0.05) is 35.2 Å². The van der Waals surface area contributed by atoms with Crippen molar-refractivity contribution in [2.75, 3.05) is 25.5 Å². The number of amides is 2. The van der Waals surface area contributed by atoms with E-state index < -0.39 is 59.9 Å². The molecule has 1 aliphatic heterocycles. The first-order chi connectivity index (χ1) is 23.0. The van der Waals surface area contributed by atoms with Crippen molar-refractivity contribution in [2.45, 2.75) is 63.0 Å². The van der Waals surface area contributed by atoms with Gasteiger partial charge in [0.2, 0.25) is 7.34 Å². The first-order valence-corrected chi connectivity index (χ1v) is 15.2. The molecule has 5 N–H and O–H groups in total. The number of nitrogens with one attached hydrogen (secondary N) is 1. The molecule has 14 heteroatoms. The molecule has 2 amide bonds. The number of carbonyl (C=O) groups excluding carboxylic acids is 2. The lowest BCUT2D eigenvalue weighted by Gasteiger charge is -2.38. The van der Waals surface area contributed by atoms with E-state index in [0.717, 1.165) is 12.1 Å². The van der Waals surface area contributed by atoms with Gasteiger partial charge in [0.25, 0.3) is 5.91 Å². The Kier molecular flexibility index (Phi) is 8.81. The Morgan fingerprint density at radius 1 is 1.17 bits per heavy atom. The van der Waals surface area contributed by atoms with Gasteiger partial charge in [0.1, 0.15) is 17.6 Å². The van der Waals surface area contributed by atoms with Crippen LogP contribution in [0.3, 0.4) is 0 Å². The van der Waals surface area contributed by atoms with Gasteiger partial charge >= 0.3 is 6.18 Å². The number of anilines is 1. The molecule has 1 aromatic heterocycles. The molecule has 1 fully saturated rings. The fraction of sp³-hybridized carbons (Fsp3) is 0.382. The van der Waals surface area contributed by atoms with Crippen LogP contribution >= 0.6 is 0 Å². The van der Waals surface area contributed by atoms with E-state index >= 15 is 0 Å². The Morgan fingerprint density at radius 3 is 2.58 bits per heavy atom. The highest BCUT2D eigenvalue weighted by molar-refractivity contribution is 5.98. The Balaban J connectivity index is 1.44. The normalized spacial score (nSPS) is 18.4. The zero-order valence-electron chi connectivity index (χ0n) is 27.8. The largest absolute Gasteiger partial charge is 0.496 e. The summed E-state index contributed by atoms with van der Waals surface area (Å²) in [6, 6.07) is 12.5. The standard InChI is InChI=1S/C34H37F4N5O5/c1-19-10-26(40-18-33(47,34(36,37)38)17-32(2,3)25-13-21(35)8-9-29(25)48-4)24-15-41-43(27(24)11-19)22-7-5-6-20(12-22)31(46)42-16-23(44)14-28(42)30(39)45/h5-13,15,23,28,40,44,47H,14,16-18H2,1-4H3,(H2,39,45)/t23-,28+,33?/m1/s1/i44D. The van der Waals surface area contributed by atoms with Crippen molar-refractivity contribution in [2.24, 2.45) is 5.73 Å². The summed E-state index contributed by atoms with van der Waals surface area (Å²) < 4.78 is 71.9. The molecule has 0 aliphatic carbocycles. The van der Waals surface area contributed by atoms with Crippen molar-refractivity contribution >= 4 is 28.4 Å². The Hall–Kier alpha value is -4.69. The smallest absolute Gasteiger partial charge is 0.418 e. The van der Waals surface area contributed by atoms with Crippen molar-refractivity contribution in [1.29, 1.82) is 1.43 Å². The summed E-state index contributed by atoms with van der Waals surface area (Å²) in [6.07, 6.45) is -4.98. The first-order valence-electron chi connectivity index (χ1n) is 15.6. The molecule has 0 radical (unpaired) electrons. The van der Waals surface area contributed by atoms with Gasteiger partial charge in [-0.05, 0) is 72.9 Å². The number of ether oxygens (including phenoxy) is 1. The molecule has 3 aromatic carbocycles. The first kappa shape index (κ1) is 33.2. The van der Waals surface area contributed by atoms with Gasteiger partial charge in [-0.3, -0.25) is 9.59 Å². The molecule has 5 rings (SSSR count).